The van der Waals surface area contributed by atoms with Crippen molar-refractivity contribution in [1.82, 2.24) is 13.6 Å². The zero-order valence-electron chi connectivity index (χ0n) is 17.8. The molecule has 1 aromatic heterocycles. The second-order valence-electron chi connectivity index (χ2n) is 7.52. The van der Waals surface area contributed by atoms with E-state index in [1.165, 1.54) is 0 Å². The Labute approximate surface area is 190 Å². The van der Waals surface area contributed by atoms with Gasteiger partial charge in [-0.25, -0.2) is 0 Å². The summed E-state index contributed by atoms with van der Waals surface area (Å²) in [7, 11) is 1.89. The van der Waals surface area contributed by atoms with E-state index in [4.69, 9.17) is 0 Å². The van der Waals surface area contributed by atoms with Gasteiger partial charge in [-0.1, -0.05) is 36.4 Å². The molecule has 4 rings (SSSR count). The van der Waals surface area contributed by atoms with Crippen molar-refractivity contribution in [2.75, 3.05) is 24.2 Å². The van der Waals surface area contributed by atoms with E-state index in [0.717, 1.165) is 22.8 Å². The molecule has 2 N–H and O–H groups in total. The molecule has 3 aromatic carbocycles. The van der Waals surface area contributed by atoms with Crippen molar-refractivity contribution in [3.8, 4) is 0 Å². The normalized spacial score (nSPS) is 12.0. The lowest BCUT2D eigenvalue weighted by Crippen LogP contribution is -2.32. The molecule has 0 fully saturated rings. The number of hydrogen-bond acceptors (Lipinski definition) is 6. The Morgan fingerprint density at radius 2 is 1.75 bits per heavy atom. The Morgan fingerprint density at radius 1 is 0.969 bits per heavy atom. The van der Waals surface area contributed by atoms with E-state index in [0.29, 0.717) is 22.5 Å². The first kappa shape index (κ1) is 21.6. The molecule has 0 saturated carbocycles. The highest BCUT2D eigenvalue weighted by Gasteiger charge is 2.17. The minimum atomic E-state index is -0.158. The molecule has 0 aliphatic heterocycles. The fourth-order valence-corrected chi connectivity index (χ4v) is 3.93. The molecular formula is C24H23N5O2S. The maximum Gasteiger partial charge on any atom is 0.255 e. The van der Waals surface area contributed by atoms with E-state index in [1.807, 2.05) is 79.5 Å². The predicted octanol–water partition coefficient (Wildman–Crippen LogP) is 4.58. The number of nitrogens with zero attached hydrogens (tertiary/aromatic N) is 3. The molecule has 0 spiro atoms. The molecule has 2 amide bonds. The summed E-state index contributed by atoms with van der Waals surface area (Å²) >= 11 is 1.12. The Balaban J connectivity index is 1.39. The average molecular weight is 446 g/mol. The topological polar surface area (TPSA) is 87.2 Å². The van der Waals surface area contributed by atoms with Crippen molar-refractivity contribution in [3.05, 3.63) is 83.9 Å². The van der Waals surface area contributed by atoms with Crippen LogP contribution in [-0.4, -0.2) is 39.1 Å². The highest BCUT2D eigenvalue weighted by molar-refractivity contribution is 7.00. The average Bonchev–Trinajstić information content (AvgIpc) is 3.29. The van der Waals surface area contributed by atoms with Crippen LogP contribution in [0, 0.1) is 0 Å². The molecule has 0 aliphatic rings. The number of carbonyl (C=O) groups is 2. The van der Waals surface area contributed by atoms with Gasteiger partial charge in [0, 0.05) is 17.3 Å². The van der Waals surface area contributed by atoms with Gasteiger partial charge in [-0.15, -0.1) is 0 Å². The number of fused-ring (bicyclic) bond motifs is 1. The van der Waals surface area contributed by atoms with Crippen molar-refractivity contribution in [2.24, 2.45) is 0 Å². The number of likely N-dealkylation sites (N-methyl/N-ethyl adjacent to an activating group) is 1. The van der Waals surface area contributed by atoms with Gasteiger partial charge in [0.05, 0.1) is 24.0 Å². The zero-order valence-corrected chi connectivity index (χ0v) is 18.6. The highest BCUT2D eigenvalue weighted by atomic mass is 32.1. The SMILES string of the molecule is CC(c1cccc(NC(=O)c2ccccc2)c1)N(C)CC(=O)Nc1cccc2nsnc12. The molecule has 1 heterocycles. The highest BCUT2D eigenvalue weighted by Crippen LogP contribution is 2.24. The molecule has 0 aliphatic carbocycles. The van der Waals surface area contributed by atoms with Crippen molar-refractivity contribution >= 4 is 46.0 Å². The van der Waals surface area contributed by atoms with E-state index < -0.39 is 0 Å². The second kappa shape index (κ2) is 9.67. The molecule has 4 aromatic rings. The Bertz CT molecular complexity index is 1240. The largest absolute Gasteiger partial charge is 0.323 e. The third-order valence-electron chi connectivity index (χ3n) is 5.28. The Morgan fingerprint density at radius 3 is 2.56 bits per heavy atom. The second-order valence-corrected chi connectivity index (χ2v) is 8.05. The molecule has 1 unspecified atom stereocenters. The van der Waals surface area contributed by atoms with Crippen LogP contribution in [0.5, 0.6) is 0 Å². The van der Waals surface area contributed by atoms with Gasteiger partial charge in [0.1, 0.15) is 11.0 Å². The number of rotatable bonds is 7. The molecule has 0 radical (unpaired) electrons. The van der Waals surface area contributed by atoms with Crippen molar-refractivity contribution in [3.63, 3.8) is 0 Å². The summed E-state index contributed by atoms with van der Waals surface area (Å²) in [6, 6.07) is 22.3. The molecule has 0 saturated heterocycles. The van der Waals surface area contributed by atoms with Crippen LogP contribution in [0.1, 0.15) is 28.9 Å². The van der Waals surface area contributed by atoms with Gasteiger partial charge >= 0.3 is 0 Å². The van der Waals surface area contributed by atoms with Gasteiger partial charge in [-0.3, -0.25) is 14.5 Å². The molecule has 32 heavy (non-hydrogen) atoms. The smallest absolute Gasteiger partial charge is 0.255 e. The lowest BCUT2D eigenvalue weighted by molar-refractivity contribution is -0.117. The van der Waals surface area contributed by atoms with E-state index in [1.54, 1.807) is 12.1 Å². The lowest BCUT2D eigenvalue weighted by Gasteiger charge is -2.25. The van der Waals surface area contributed by atoms with E-state index in [-0.39, 0.29) is 24.4 Å². The number of hydrogen-bond donors (Lipinski definition) is 2. The number of anilines is 2. The number of nitrogens with one attached hydrogen (secondary N) is 2. The molecule has 7 nitrogen and oxygen atoms in total. The van der Waals surface area contributed by atoms with Gasteiger partial charge in [0.25, 0.3) is 5.91 Å². The van der Waals surface area contributed by atoms with Crippen molar-refractivity contribution < 1.29 is 9.59 Å². The first-order valence-corrected chi connectivity index (χ1v) is 10.9. The molecule has 8 heteroatoms. The molecular weight excluding hydrogens is 422 g/mol. The lowest BCUT2D eigenvalue weighted by atomic mass is 10.1. The standard InChI is InChI=1S/C24H23N5O2S/c1-16(18-10-6-11-19(14-18)25-24(31)17-8-4-3-5-9-17)29(2)15-22(30)26-20-12-7-13-21-23(20)28-32-27-21/h3-14,16H,15H2,1-2H3,(H,25,31)(H,26,30). The summed E-state index contributed by atoms with van der Waals surface area (Å²) < 4.78 is 8.46. The summed E-state index contributed by atoms with van der Waals surface area (Å²) in [5.41, 5.74) is 4.44. The van der Waals surface area contributed by atoms with Crippen LogP contribution < -0.4 is 10.6 Å². The van der Waals surface area contributed by atoms with Crippen LogP contribution in [-0.2, 0) is 4.79 Å². The van der Waals surface area contributed by atoms with Crippen LogP contribution in [0.2, 0.25) is 0 Å². The van der Waals surface area contributed by atoms with Gasteiger partial charge in [0.15, 0.2) is 0 Å². The zero-order chi connectivity index (χ0) is 22.5. The number of amides is 2. The molecule has 0 bridgehead atoms. The monoisotopic (exact) mass is 445 g/mol. The van der Waals surface area contributed by atoms with Crippen molar-refractivity contribution in [1.29, 1.82) is 0 Å². The Hall–Kier alpha value is -3.62. The number of carbonyl (C=O) groups excluding carboxylic acids is 2. The fourth-order valence-electron chi connectivity index (χ4n) is 3.38. The van der Waals surface area contributed by atoms with Gasteiger partial charge in [0.2, 0.25) is 5.91 Å². The predicted molar refractivity (Wildman–Crippen MR) is 128 cm³/mol. The number of aromatic nitrogens is 2. The van der Waals surface area contributed by atoms with Crippen LogP contribution in [0.4, 0.5) is 11.4 Å². The molecule has 1 atom stereocenters. The first-order chi connectivity index (χ1) is 15.5. The maximum absolute atomic E-state index is 12.6. The number of benzene rings is 3. The van der Waals surface area contributed by atoms with Gasteiger partial charge < -0.3 is 10.6 Å². The quantitative estimate of drug-likeness (QED) is 0.435. The summed E-state index contributed by atoms with van der Waals surface area (Å²) in [6.07, 6.45) is 0. The van der Waals surface area contributed by atoms with E-state index in [2.05, 4.69) is 19.4 Å². The van der Waals surface area contributed by atoms with Crippen LogP contribution in [0.3, 0.4) is 0 Å². The van der Waals surface area contributed by atoms with Gasteiger partial charge in [-0.2, -0.15) is 8.75 Å². The van der Waals surface area contributed by atoms with Crippen LogP contribution >= 0.6 is 11.7 Å². The Kier molecular flexibility index (Phi) is 6.53. The van der Waals surface area contributed by atoms with Crippen molar-refractivity contribution in [2.45, 2.75) is 13.0 Å². The van der Waals surface area contributed by atoms with E-state index >= 15 is 0 Å². The summed E-state index contributed by atoms with van der Waals surface area (Å²) in [5.74, 6) is -0.290. The first-order valence-electron chi connectivity index (χ1n) is 10.2. The molecule has 162 valence electrons. The minimum Gasteiger partial charge on any atom is -0.323 e. The van der Waals surface area contributed by atoms with Crippen LogP contribution in [0.25, 0.3) is 11.0 Å². The maximum atomic E-state index is 12.6. The summed E-state index contributed by atoms with van der Waals surface area (Å²) in [4.78, 5) is 27.0. The van der Waals surface area contributed by atoms with Gasteiger partial charge in [-0.05, 0) is 55.9 Å². The third kappa shape index (κ3) is 4.99. The summed E-state index contributed by atoms with van der Waals surface area (Å²) in [6.45, 7) is 2.23. The third-order valence-corrected chi connectivity index (χ3v) is 5.82. The fraction of sp³-hybridized carbons (Fsp3) is 0.167. The van der Waals surface area contributed by atoms with E-state index in [9.17, 15) is 9.59 Å². The minimum absolute atomic E-state index is 0.0361. The summed E-state index contributed by atoms with van der Waals surface area (Å²) in [5, 5.41) is 5.86. The van der Waals surface area contributed by atoms with Crippen LogP contribution in [0.15, 0.2) is 72.8 Å².